The molecule has 9 heteroatoms. The van der Waals surface area contributed by atoms with Crippen molar-refractivity contribution in [2.45, 2.75) is 17.7 Å². The first-order valence-corrected chi connectivity index (χ1v) is 12.4. The number of nitrogens with one attached hydrogen (secondary N) is 2. The van der Waals surface area contributed by atoms with Gasteiger partial charge in [-0.05, 0) is 37.1 Å². The highest BCUT2D eigenvalue weighted by molar-refractivity contribution is 7.89. The fourth-order valence-corrected chi connectivity index (χ4v) is 5.61. The second-order valence-electron chi connectivity index (χ2n) is 7.92. The molecule has 2 N–H and O–H groups in total. The summed E-state index contributed by atoms with van der Waals surface area (Å²) in [4.78, 5) is 29.0. The Morgan fingerprint density at radius 2 is 1.61 bits per heavy atom. The highest BCUT2D eigenvalue weighted by Gasteiger charge is 2.33. The number of rotatable bonds is 7. The molecule has 1 fully saturated rings. The molecular formula is C24H26N4O4S. The average molecular weight is 467 g/mol. The lowest BCUT2D eigenvalue weighted by atomic mass is 9.97. The molecule has 0 bridgehead atoms. The summed E-state index contributed by atoms with van der Waals surface area (Å²) < 4.78 is 27.9. The molecule has 1 aromatic heterocycles. The number of sulfonamides is 1. The summed E-state index contributed by atoms with van der Waals surface area (Å²) in [6.07, 6.45) is 2.47. The van der Waals surface area contributed by atoms with E-state index in [4.69, 9.17) is 0 Å². The van der Waals surface area contributed by atoms with Gasteiger partial charge in [-0.15, -0.1) is 0 Å². The van der Waals surface area contributed by atoms with Gasteiger partial charge in [-0.3, -0.25) is 14.6 Å². The summed E-state index contributed by atoms with van der Waals surface area (Å²) >= 11 is 0. The number of aromatic nitrogens is 1. The molecule has 0 unspecified atom stereocenters. The van der Waals surface area contributed by atoms with E-state index in [1.54, 1.807) is 48.7 Å². The van der Waals surface area contributed by atoms with Crippen molar-refractivity contribution in [2.75, 3.05) is 26.2 Å². The van der Waals surface area contributed by atoms with E-state index in [9.17, 15) is 18.0 Å². The maximum Gasteiger partial charge on any atom is 0.251 e. The van der Waals surface area contributed by atoms with E-state index in [1.807, 2.05) is 18.2 Å². The van der Waals surface area contributed by atoms with Gasteiger partial charge >= 0.3 is 0 Å². The van der Waals surface area contributed by atoms with Crippen molar-refractivity contribution in [2.24, 2.45) is 5.92 Å². The Morgan fingerprint density at radius 3 is 2.36 bits per heavy atom. The first-order valence-electron chi connectivity index (χ1n) is 10.9. The zero-order valence-corrected chi connectivity index (χ0v) is 18.9. The fourth-order valence-electron chi connectivity index (χ4n) is 3.98. The number of nitrogens with zero attached hydrogens (tertiary/aromatic N) is 2. The van der Waals surface area contributed by atoms with Gasteiger partial charge in [-0.1, -0.05) is 36.4 Å². The van der Waals surface area contributed by atoms with E-state index in [2.05, 4.69) is 15.6 Å². The summed E-state index contributed by atoms with van der Waals surface area (Å²) in [7, 11) is -3.70. The van der Waals surface area contributed by atoms with Crippen molar-refractivity contribution in [3.05, 3.63) is 72.4 Å². The third-order valence-corrected chi connectivity index (χ3v) is 7.71. The number of hydrogen-bond donors (Lipinski definition) is 2. The van der Waals surface area contributed by atoms with Crippen molar-refractivity contribution < 1.29 is 18.0 Å². The van der Waals surface area contributed by atoms with Crippen LogP contribution in [0.1, 0.15) is 23.2 Å². The minimum atomic E-state index is -3.70. The van der Waals surface area contributed by atoms with Crippen LogP contribution in [0.15, 0.2) is 71.8 Å². The van der Waals surface area contributed by atoms with Crippen LogP contribution in [0.25, 0.3) is 10.9 Å². The van der Waals surface area contributed by atoms with Crippen molar-refractivity contribution in [1.82, 2.24) is 19.9 Å². The maximum absolute atomic E-state index is 13.2. The molecule has 1 aliphatic heterocycles. The van der Waals surface area contributed by atoms with Crippen molar-refractivity contribution in [1.29, 1.82) is 0 Å². The van der Waals surface area contributed by atoms with E-state index >= 15 is 0 Å². The normalized spacial score (nSPS) is 15.3. The Kier molecular flexibility index (Phi) is 7.00. The van der Waals surface area contributed by atoms with Gasteiger partial charge in [-0.25, -0.2) is 8.42 Å². The third-order valence-electron chi connectivity index (χ3n) is 5.78. The highest BCUT2D eigenvalue weighted by atomic mass is 32.2. The molecule has 1 saturated heterocycles. The summed E-state index contributed by atoms with van der Waals surface area (Å²) in [6, 6.07) is 17.6. The molecule has 1 aliphatic rings. The zero-order chi connectivity index (χ0) is 23.3. The number of carbonyl (C=O) groups excluding carboxylic acids is 2. The van der Waals surface area contributed by atoms with Crippen LogP contribution in [0.3, 0.4) is 0 Å². The van der Waals surface area contributed by atoms with E-state index in [-0.39, 0.29) is 35.7 Å². The predicted octanol–water partition coefficient (Wildman–Crippen LogP) is 2.18. The maximum atomic E-state index is 13.2. The third kappa shape index (κ3) is 5.20. The second kappa shape index (κ2) is 10.1. The van der Waals surface area contributed by atoms with Crippen LogP contribution >= 0.6 is 0 Å². The van der Waals surface area contributed by atoms with Crippen molar-refractivity contribution in [3.8, 4) is 0 Å². The number of piperidine rings is 1. The van der Waals surface area contributed by atoms with Gasteiger partial charge in [0, 0.05) is 49.2 Å². The molecule has 0 atom stereocenters. The monoisotopic (exact) mass is 466 g/mol. The van der Waals surface area contributed by atoms with Gasteiger partial charge in [0.05, 0.1) is 5.52 Å². The quantitative estimate of drug-likeness (QED) is 0.519. The van der Waals surface area contributed by atoms with Crippen LogP contribution in [0, 0.1) is 5.92 Å². The molecular weight excluding hydrogens is 440 g/mol. The predicted molar refractivity (Wildman–Crippen MR) is 125 cm³/mol. The molecule has 4 rings (SSSR count). The Balaban J connectivity index is 1.27. The number of carbonyl (C=O) groups is 2. The molecule has 2 amide bonds. The van der Waals surface area contributed by atoms with Gasteiger partial charge in [0.1, 0.15) is 4.90 Å². The summed E-state index contributed by atoms with van der Waals surface area (Å²) in [5.41, 5.74) is 1.02. The number of para-hydroxylation sites is 1. The number of amides is 2. The van der Waals surface area contributed by atoms with Gasteiger partial charge in [0.2, 0.25) is 15.9 Å². The molecule has 0 spiro atoms. The van der Waals surface area contributed by atoms with Crippen LogP contribution in [-0.2, 0) is 14.8 Å². The van der Waals surface area contributed by atoms with Gasteiger partial charge in [0.25, 0.3) is 5.91 Å². The molecule has 2 heterocycles. The Labute approximate surface area is 193 Å². The number of fused-ring (bicyclic) bond motifs is 1. The van der Waals surface area contributed by atoms with E-state index < -0.39 is 10.0 Å². The molecule has 2 aromatic carbocycles. The second-order valence-corrected chi connectivity index (χ2v) is 9.83. The Bertz CT molecular complexity index is 1230. The van der Waals surface area contributed by atoms with Crippen molar-refractivity contribution in [3.63, 3.8) is 0 Å². The van der Waals surface area contributed by atoms with E-state index in [0.29, 0.717) is 37.0 Å². The fraction of sp³-hybridized carbons (Fsp3) is 0.292. The Hall–Kier alpha value is -3.30. The van der Waals surface area contributed by atoms with Crippen LogP contribution in [-0.4, -0.2) is 55.7 Å². The lowest BCUT2D eigenvalue weighted by Crippen LogP contribution is -2.44. The minimum Gasteiger partial charge on any atom is -0.354 e. The highest BCUT2D eigenvalue weighted by Crippen LogP contribution is 2.27. The van der Waals surface area contributed by atoms with Crippen LogP contribution in [0.4, 0.5) is 0 Å². The van der Waals surface area contributed by atoms with Gasteiger partial charge in [-0.2, -0.15) is 4.31 Å². The van der Waals surface area contributed by atoms with Gasteiger partial charge in [0.15, 0.2) is 0 Å². The van der Waals surface area contributed by atoms with E-state index in [0.717, 1.165) is 5.39 Å². The Morgan fingerprint density at radius 1 is 0.909 bits per heavy atom. The topological polar surface area (TPSA) is 108 Å². The summed E-state index contributed by atoms with van der Waals surface area (Å²) in [5.74, 6) is -0.564. The molecule has 0 aliphatic carbocycles. The summed E-state index contributed by atoms with van der Waals surface area (Å²) in [5, 5.41) is 6.38. The lowest BCUT2D eigenvalue weighted by molar-refractivity contribution is -0.126. The van der Waals surface area contributed by atoms with Gasteiger partial charge < -0.3 is 10.6 Å². The molecule has 3 aromatic rings. The van der Waals surface area contributed by atoms with E-state index in [1.165, 1.54) is 4.31 Å². The standard InChI is InChI=1S/C24H26N4O4S/c29-23(19-6-2-1-3-7-19)26-14-15-27-24(30)20-11-16-28(17-12-20)33(31,32)21-10-4-8-18-9-5-13-25-22(18)21/h1-10,13,20H,11-12,14-17H2,(H,26,29)(H,27,30). The first kappa shape index (κ1) is 22.9. The SMILES string of the molecule is O=C(NCCNC(=O)C1CCN(S(=O)(=O)c2cccc3cccnc23)CC1)c1ccccc1. The zero-order valence-electron chi connectivity index (χ0n) is 18.1. The van der Waals surface area contributed by atoms with Crippen LogP contribution < -0.4 is 10.6 Å². The number of hydrogen-bond acceptors (Lipinski definition) is 5. The molecule has 0 radical (unpaired) electrons. The smallest absolute Gasteiger partial charge is 0.251 e. The summed E-state index contributed by atoms with van der Waals surface area (Å²) in [6.45, 7) is 1.18. The first-order chi connectivity index (χ1) is 16.0. The average Bonchev–Trinajstić information content (AvgIpc) is 2.86. The number of benzene rings is 2. The molecule has 8 nitrogen and oxygen atoms in total. The molecule has 172 valence electrons. The molecule has 0 saturated carbocycles. The largest absolute Gasteiger partial charge is 0.354 e. The van der Waals surface area contributed by atoms with Crippen LogP contribution in [0.5, 0.6) is 0 Å². The number of pyridine rings is 1. The van der Waals surface area contributed by atoms with Crippen molar-refractivity contribution >= 4 is 32.7 Å². The molecule has 33 heavy (non-hydrogen) atoms. The minimum absolute atomic E-state index is 0.118. The van der Waals surface area contributed by atoms with Crippen LogP contribution in [0.2, 0.25) is 0 Å². The lowest BCUT2D eigenvalue weighted by Gasteiger charge is -2.30.